The van der Waals surface area contributed by atoms with Gasteiger partial charge in [0.05, 0.1) is 18.8 Å². The summed E-state index contributed by atoms with van der Waals surface area (Å²) in [6.45, 7) is 4.22. The molecule has 432 valence electrons. The van der Waals surface area contributed by atoms with Gasteiger partial charge in [0.2, 0.25) is 5.91 Å². The quantitative estimate of drug-likeness (QED) is 0.0420. The number of nitrogens with one attached hydrogen (secondary N) is 1. The van der Waals surface area contributed by atoms with Crippen LogP contribution < -0.4 is 5.32 Å². The van der Waals surface area contributed by atoms with Crippen LogP contribution in [-0.4, -0.2) is 34.9 Å². The molecular weight excluding hydrogens is 903 g/mol. The molecule has 4 nitrogen and oxygen atoms in total. The van der Waals surface area contributed by atoms with Crippen LogP contribution in [0, 0.1) is 0 Å². The lowest BCUT2D eigenvalue weighted by Crippen LogP contribution is -2.45. The Balaban J connectivity index is 3.48. The van der Waals surface area contributed by atoms with Gasteiger partial charge in [-0.1, -0.05) is 344 Å². The highest BCUT2D eigenvalue weighted by Crippen LogP contribution is 2.18. The van der Waals surface area contributed by atoms with Crippen LogP contribution in [0.4, 0.5) is 0 Å². The van der Waals surface area contributed by atoms with Crippen molar-refractivity contribution in [1.82, 2.24) is 5.32 Å². The Morgan fingerprint density at radius 3 is 0.946 bits per heavy atom. The van der Waals surface area contributed by atoms with Crippen molar-refractivity contribution in [2.24, 2.45) is 0 Å². The Bertz CT molecular complexity index is 1260. The summed E-state index contributed by atoms with van der Waals surface area (Å²) in [7, 11) is 0. The summed E-state index contributed by atoms with van der Waals surface area (Å²) in [6, 6.07) is -0.643. The van der Waals surface area contributed by atoms with E-state index < -0.39 is 12.1 Å². The van der Waals surface area contributed by atoms with Gasteiger partial charge in [0.25, 0.3) is 0 Å². The molecule has 0 spiro atoms. The lowest BCUT2D eigenvalue weighted by molar-refractivity contribution is -0.123. The zero-order valence-corrected chi connectivity index (χ0v) is 49.9. The van der Waals surface area contributed by atoms with Crippen molar-refractivity contribution in [1.29, 1.82) is 0 Å². The third-order valence-electron chi connectivity index (χ3n) is 15.2. The number of rotatable bonds is 61. The van der Waals surface area contributed by atoms with Crippen LogP contribution in [0.25, 0.3) is 0 Å². The van der Waals surface area contributed by atoms with Crippen molar-refractivity contribution in [3.63, 3.8) is 0 Å². The number of hydrogen-bond acceptors (Lipinski definition) is 3. The maximum Gasteiger partial charge on any atom is 0.220 e. The van der Waals surface area contributed by atoms with Crippen molar-refractivity contribution in [2.75, 3.05) is 6.61 Å². The third kappa shape index (κ3) is 60.7. The van der Waals surface area contributed by atoms with Crippen molar-refractivity contribution in [2.45, 2.75) is 360 Å². The molecule has 0 fully saturated rings. The molecule has 0 radical (unpaired) electrons. The molecule has 4 heteroatoms. The molecule has 0 heterocycles. The summed E-state index contributed by atoms with van der Waals surface area (Å²) in [5.41, 5.74) is 0. The van der Waals surface area contributed by atoms with Gasteiger partial charge in [-0.15, -0.1) is 0 Å². The minimum atomic E-state index is -0.866. The zero-order valence-electron chi connectivity index (χ0n) is 49.9. The molecule has 74 heavy (non-hydrogen) atoms. The van der Waals surface area contributed by atoms with E-state index >= 15 is 0 Å². The number of carbonyl (C=O) groups excluding carboxylic acids is 1. The van der Waals surface area contributed by atoms with Crippen LogP contribution in [0.15, 0.2) is 72.9 Å². The summed E-state index contributed by atoms with van der Waals surface area (Å²) < 4.78 is 0. The summed E-state index contributed by atoms with van der Waals surface area (Å²) >= 11 is 0. The van der Waals surface area contributed by atoms with Crippen LogP contribution in [0.5, 0.6) is 0 Å². The first kappa shape index (κ1) is 71.8. The normalized spacial score (nSPS) is 13.2. The molecule has 0 saturated carbocycles. The summed E-state index contributed by atoms with van der Waals surface area (Å²) in [4.78, 5) is 12.5. The van der Waals surface area contributed by atoms with E-state index in [9.17, 15) is 15.0 Å². The smallest absolute Gasteiger partial charge is 0.220 e. The van der Waals surface area contributed by atoms with Gasteiger partial charge in [0.1, 0.15) is 0 Å². The minimum Gasteiger partial charge on any atom is -0.394 e. The molecule has 0 bridgehead atoms. The van der Waals surface area contributed by atoms with Gasteiger partial charge < -0.3 is 15.5 Å². The van der Waals surface area contributed by atoms with Crippen molar-refractivity contribution >= 4 is 5.91 Å². The molecule has 2 unspecified atom stereocenters. The van der Waals surface area contributed by atoms with Crippen LogP contribution >= 0.6 is 0 Å². The second-order valence-corrected chi connectivity index (χ2v) is 22.5. The van der Waals surface area contributed by atoms with Gasteiger partial charge in [-0.25, -0.2) is 0 Å². The average Bonchev–Trinajstić information content (AvgIpc) is 3.40. The molecule has 0 aliphatic rings. The summed E-state index contributed by atoms with van der Waals surface area (Å²) in [5.74, 6) is -0.0699. The Labute approximate surface area is 463 Å². The lowest BCUT2D eigenvalue weighted by atomic mass is 10.0. The number of hydrogen-bond donors (Lipinski definition) is 3. The van der Waals surface area contributed by atoms with Gasteiger partial charge in [0, 0.05) is 6.42 Å². The summed E-state index contributed by atoms with van der Waals surface area (Å²) in [5, 5.41) is 23.2. The standard InChI is InChI=1S/C70H129NO3/c1-3-5-7-9-11-13-15-17-19-21-23-25-27-29-31-33-35-37-39-41-43-45-47-49-51-53-55-57-59-61-63-65-69(73)68(67-72)71-70(74)66-64-62-60-58-56-54-52-50-48-46-44-42-40-38-36-34-32-30-28-26-24-22-20-18-16-14-12-10-8-6-4-2/h6,8,12,14,18,20,24,26,55,57,63,65,68-69,72-73H,3-5,7,9-11,13,15-17,19,21-23,25,27-54,56,58-62,64,66-67H2,1-2H3,(H,71,74)/b8-6-,14-12-,20-18-,26-24-,57-55+,65-63+. The SMILES string of the molecule is CC/C=C\C/C=C\C/C=C\C/C=C\CCCCCCCCCCCCCCCCCCCCC(=O)NC(CO)C(O)/C=C/CC/C=C/CCCCCCCCCCCCCCCCCCCCCCCCCCC. The van der Waals surface area contributed by atoms with Gasteiger partial charge in [-0.2, -0.15) is 0 Å². The molecule has 0 aromatic rings. The number of allylic oxidation sites excluding steroid dienone is 11. The number of aliphatic hydroxyl groups excluding tert-OH is 2. The first-order chi connectivity index (χ1) is 36.7. The maximum atomic E-state index is 12.5. The minimum absolute atomic E-state index is 0.0699. The van der Waals surface area contributed by atoms with Crippen molar-refractivity contribution in [3.05, 3.63) is 72.9 Å². The predicted molar refractivity (Wildman–Crippen MR) is 331 cm³/mol. The molecule has 0 aromatic heterocycles. The van der Waals surface area contributed by atoms with Crippen molar-refractivity contribution < 1.29 is 15.0 Å². The fourth-order valence-electron chi connectivity index (χ4n) is 10.2. The molecule has 0 rings (SSSR count). The molecule has 3 N–H and O–H groups in total. The highest BCUT2D eigenvalue weighted by Gasteiger charge is 2.18. The fraction of sp³-hybridized carbons (Fsp3) is 0.814. The predicted octanol–water partition coefficient (Wildman–Crippen LogP) is 22.5. The number of unbranched alkanes of at least 4 members (excludes halogenated alkanes) is 44. The second kappa shape index (κ2) is 65.1. The lowest BCUT2D eigenvalue weighted by Gasteiger charge is -2.19. The molecular formula is C70H129NO3. The number of aliphatic hydroxyl groups is 2. The van der Waals surface area contributed by atoms with E-state index in [1.807, 2.05) is 6.08 Å². The van der Waals surface area contributed by atoms with Crippen LogP contribution in [0.2, 0.25) is 0 Å². The topological polar surface area (TPSA) is 69.6 Å². The highest BCUT2D eigenvalue weighted by molar-refractivity contribution is 5.76. The Hall–Kier alpha value is -2.17. The largest absolute Gasteiger partial charge is 0.394 e. The first-order valence-electron chi connectivity index (χ1n) is 33.2. The zero-order chi connectivity index (χ0) is 53.4. The third-order valence-corrected chi connectivity index (χ3v) is 15.2. The van der Waals surface area contributed by atoms with E-state index in [0.717, 1.165) is 57.8 Å². The van der Waals surface area contributed by atoms with E-state index in [-0.39, 0.29) is 12.5 Å². The van der Waals surface area contributed by atoms with Crippen LogP contribution in [0.1, 0.15) is 348 Å². The molecule has 0 aliphatic carbocycles. The van der Waals surface area contributed by atoms with Gasteiger partial charge >= 0.3 is 0 Å². The highest BCUT2D eigenvalue weighted by atomic mass is 16.3. The Morgan fingerprint density at radius 1 is 0.338 bits per heavy atom. The second-order valence-electron chi connectivity index (χ2n) is 22.5. The van der Waals surface area contributed by atoms with Crippen LogP contribution in [0.3, 0.4) is 0 Å². The van der Waals surface area contributed by atoms with E-state index in [4.69, 9.17) is 0 Å². The average molecular weight is 1030 g/mol. The van der Waals surface area contributed by atoms with E-state index in [2.05, 4.69) is 79.9 Å². The maximum absolute atomic E-state index is 12.5. The molecule has 0 saturated heterocycles. The summed E-state index contributed by atoms with van der Waals surface area (Å²) in [6.07, 6.45) is 94.1. The molecule has 2 atom stereocenters. The molecule has 1 amide bonds. The Morgan fingerprint density at radius 2 is 0.608 bits per heavy atom. The van der Waals surface area contributed by atoms with E-state index in [0.29, 0.717) is 6.42 Å². The molecule has 0 aromatic carbocycles. The molecule has 0 aliphatic heterocycles. The number of amides is 1. The van der Waals surface area contributed by atoms with Gasteiger partial charge in [0.15, 0.2) is 0 Å². The fourth-order valence-corrected chi connectivity index (χ4v) is 10.2. The number of carbonyl (C=O) groups is 1. The van der Waals surface area contributed by atoms with Gasteiger partial charge in [-0.3, -0.25) is 4.79 Å². The van der Waals surface area contributed by atoms with Gasteiger partial charge in [-0.05, 0) is 70.6 Å². The monoisotopic (exact) mass is 1030 g/mol. The van der Waals surface area contributed by atoms with E-state index in [1.165, 1.54) is 270 Å². The van der Waals surface area contributed by atoms with E-state index in [1.54, 1.807) is 6.08 Å². The van der Waals surface area contributed by atoms with Crippen molar-refractivity contribution in [3.8, 4) is 0 Å². The van der Waals surface area contributed by atoms with Crippen LogP contribution in [-0.2, 0) is 4.79 Å². The Kier molecular flexibility index (Phi) is 63.2. The first-order valence-corrected chi connectivity index (χ1v) is 33.2.